The van der Waals surface area contributed by atoms with Crippen LogP contribution in [-0.2, 0) is 26.2 Å². The lowest BCUT2D eigenvalue weighted by atomic mass is 10.1. The summed E-state index contributed by atoms with van der Waals surface area (Å²) in [4.78, 5) is 27.6. The van der Waals surface area contributed by atoms with Gasteiger partial charge in [0, 0.05) is 24.2 Å². The number of hydrogen-bond donors (Lipinski definition) is 1. The molecule has 0 heterocycles. The number of nitrogens with zero attached hydrogens (tertiary/aromatic N) is 2. The number of anilines is 1. The highest BCUT2D eigenvalue weighted by Crippen LogP contribution is 2.34. The van der Waals surface area contributed by atoms with Gasteiger partial charge in [-0.1, -0.05) is 30.7 Å². The summed E-state index contributed by atoms with van der Waals surface area (Å²) in [5.74, 6) is -0.268. The molecule has 0 saturated heterocycles. The maximum Gasteiger partial charge on any atom is 0.244 e. The number of rotatable bonds is 12. The lowest BCUT2D eigenvalue weighted by Crippen LogP contribution is -2.51. The number of benzene rings is 2. The van der Waals surface area contributed by atoms with Crippen molar-refractivity contribution >= 4 is 39.1 Å². The molecule has 0 aliphatic rings. The topological polar surface area (TPSA) is 105 Å². The zero-order chi connectivity index (χ0) is 26.2. The average molecular weight is 526 g/mol. The SMILES string of the molecule is CCCNC(=O)[C@H](C)N(Cc1cccc(Cl)c1)C(=O)CN(c1cc(OC)ccc1OC)S(C)(=O)=O. The Labute approximate surface area is 212 Å². The molecule has 2 rings (SSSR count). The van der Waals surface area contributed by atoms with E-state index in [4.69, 9.17) is 21.1 Å². The van der Waals surface area contributed by atoms with Gasteiger partial charge in [-0.05, 0) is 43.2 Å². The molecule has 1 N–H and O–H groups in total. The van der Waals surface area contributed by atoms with Crippen molar-refractivity contribution in [2.24, 2.45) is 0 Å². The molecule has 0 unspecified atom stereocenters. The second-order valence-electron chi connectivity index (χ2n) is 7.93. The van der Waals surface area contributed by atoms with Crippen LogP contribution in [0.15, 0.2) is 42.5 Å². The Morgan fingerprint density at radius 1 is 1.11 bits per heavy atom. The standard InChI is InChI=1S/C24H32ClN3O6S/c1-6-12-26-24(30)17(2)27(15-18-8-7-9-19(25)13-18)23(29)16-28(35(5,31)32)21-14-20(33-3)10-11-22(21)34-4/h7-11,13-14,17H,6,12,15-16H2,1-5H3,(H,26,30)/t17-/m0/s1. The minimum absolute atomic E-state index is 0.0625. The molecule has 35 heavy (non-hydrogen) atoms. The van der Waals surface area contributed by atoms with Crippen LogP contribution in [0.4, 0.5) is 5.69 Å². The van der Waals surface area contributed by atoms with Gasteiger partial charge in [0.05, 0.1) is 26.2 Å². The quantitative estimate of drug-likeness (QED) is 0.456. The summed E-state index contributed by atoms with van der Waals surface area (Å²) in [5.41, 5.74) is 0.847. The summed E-state index contributed by atoms with van der Waals surface area (Å²) in [7, 11) is -1.06. The van der Waals surface area contributed by atoms with Crippen LogP contribution in [0.5, 0.6) is 11.5 Å². The van der Waals surface area contributed by atoms with Crippen molar-refractivity contribution in [3.63, 3.8) is 0 Å². The molecule has 9 nitrogen and oxygen atoms in total. The molecule has 192 valence electrons. The van der Waals surface area contributed by atoms with Gasteiger partial charge >= 0.3 is 0 Å². The third-order valence-corrected chi connectivity index (χ3v) is 6.65. The lowest BCUT2D eigenvalue weighted by Gasteiger charge is -2.32. The second kappa shape index (κ2) is 12.6. The Morgan fingerprint density at radius 2 is 1.83 bits per heavy atom. The van der Waals surface area contributed by atoms with E-state index in [0.717, 1.165) is 17.0 Å². The molecule has 0 fully saturated rings. The molecular formula is C24H32ClN3O6S. The largest absolute Gasteiger partial charge is 0.497 e. The zero-order valence-electron chi connectivity index (χ0n) is 20.6. The number of amides is 2. The van der Waals surface area contributed by atoms with Gasteiger partial charge in [-0.3, -0.25) is 13.9 Å². The van der Waals surface area contributed by atoms with E-state index in [-0.39, 0.29) is 23.9 Å². The summed E-state index contributed by atoms with van der Waals surface area (Å²) < 4.78 is 37.0. The van der Waals surface area contributed by atoms with Crippen molar-refractivity contribution in [2.45, 2.75) is 32.9 Å². The minimum atomic E-state index is -3.92. The number of nitrogens with one attached hydrogen (secondary N) is 1. The zero-order valence-corrected chi connectivity index (χ0v) is 22.1. The van der Waals surface area contributed by atoms with Crippen molar-refractivity contribution in [1.29, 1.82) is 0 Å². The summed E-state index contributed by atoms with van der Waals surface area (Å²) in [5, 5.41) is 3.27. The molecule has 0 spiro atoms. The van der Waals surface area contributed by atoms with E-state index in [9.17, 15) is 18.0 Å². The molecule has 0 aliphatic carbocycles. The third-order valence-electron chi connectivity index (χ3n) is 5.29. The highest BCUT2D eigenvalue weighted by atomic mass is 35.5. The van der Waals surface area contributed by atoms with Crippen molar-refractivity contribution in [3.8, 4) is 11.5 Å². The smallest absolute Gasteiger partial charge is 0.244 e. The second-order valence-corrected chi connectivity index (χ2v) is 10.3. The van der Waals surface area contributed by atoms with Gasteiger partial charge in [0.15, 0.2) is 0 Å². The first-order chi connectivity index (χ1) is 16.5. The first kappa shape index (κ1) is 28.3. The molecular weight excluding hydrogens is 494 g/mol. The number of carbonyl (C=O) groups excluding carboxylic acids is 2. The van der Waals surface area contributed by atoms with Crippen LogP contribution in [0.3, 0.4) is 0 Å². The van der Waals surface area contributed by atoms with Crippen LogP contribution in [0.2, 0.25) is 5.02 Å². The van der Waals surface area contributed by atoms with Gasteiger partial charge in [-0.25, -0.2) is 8.42 Å². The monoisotopic (exact) mass is 525 g/mol. The first-order valence-corrected chi connectivity index (χ1v) is 13.3. The molecule has 0 radical (unpaired) electrons. The maximum atomic E-state index is 13.6. The maximum absolute atomic E-state index is 13.6. The van der Waals surface area contributed by atoms with E-state index in [1.807, 2.05) is 6.92 Å². The van der Waals surface area contributed by atoms with Gasteiger partial charge in [0.2, 0.25) is 21.8 Å². The highest BCUT2D eigenvalue weighted by Gasteiger charge is 2.31. The van der Waals surface area contributed by atoms with E-state index >= 15 is 0 Å². The molecule has 0 aromatic heterocycles. The molecule has 0 bridgehead atoms. The van der Waals surface area contributed by atoms with E-state index in [1.54, 1.807) is 43.3 Å². The summed E-state index contributed by atoms with van der Waals surface area (Å²) >= 11 is 6.11. The van der Waals surface area contributed by atoms with E-state index in [2.05, 4.69) is 5.32 Å². The lowest BCUT2D eigenvalue weighted by molar-refractivity contribution is -0.139. The van der Waals surface area contributed by atoms with E-state index < -0.39 is 28.5 Å². The average Bonchev–Trinajstić information content (AvgIpc) is 2.82. The summed E-state index contributed by atoms with van der Waals surface area (Å²) in [6.45, 7) is 3.50. The van der Waals surface area contributed by atoms with Crippen LogP contribution in [0.25, 0.3) is 0 Å². The number of methoxy groups -OCH3 is 2. The van der Waals surface area contributed by atoms with Crippen LogP contribution in [0, 0.1) is 0 Å². The molecule has 0 saturated carbocycles. The number of halogens is 1. The molecule has 2 aromatic carbocycles. The Morgan fingerprint density at radius 3 is 2.40 bits per heavy atom. The number of hydrogen-bond acceptors (Lipinski definition) is 6. The van der Waals surface area contributed by atoms with E-state index in [1.165, 1.54) is 25.2 Å². The Balaban J connectivity index is 2.47. The fourth-order valence-electron chi connectivity index (χ4n) is 3.40. The first-order valence-electron chi connectivity index (χ1n) is 11.0. The van der Waals surface area contributed by atoms with Gasteiger partial charge < -0.3 is 19.7 Å². The molecule has 11 heteroatoms. The number of carbonyl (C=O) groups is 2. The van der Waals surface area contributed by atoms with Crippen LogP contribution in [-0.4, -0.2) is 64.7 Å². The Hall–Kier alpha value is -2.98. The summed E-state index contributed by atoms with van der Waals surface area (Å²) in [6.07, 6.45) is 1.73. The molecule has 2 amide bonds. The molecule has 0 aliphatic heterocycles. The fraction of sp³-hybridized carbons (Fsp3) is 0.417. The van der Waals surface area contributed by atoms with Crippen LogP contribution >= 0.6 is 11.6 Å². The highest BCUT2D eigenvalue weighted by molar-refractivity contribution is 7.92. The van der Waals surface area contributed by atoms with Crippen LogP contribution in [0.1, 0.15) is 25.8 Å². The molecule has 2 aromatic rings. The van der Waals surface area contributed by atoms with Crippen molar-refractivity contribution in [2.75, 3.05) is 37.9 Å². The van der Waals surface area contributed by atoms with Crippen molar-refractivity contribution < 1.29 is 27.5 Å². The normalized spacial score (nSPS) is 11.9. The van der Waals surface area contributed by atoms with Crippen molar-refractivity contribution in [1.82, 2.24) is 10.2 Å². The minimum Gasteiger partial charge on any atom is -0.497 e. The Kier molecular flexibility index (Phi) is 10.2. The van der Waals surface area contributed by atoms with E-state index in [0.29, 0.717) is 22.9 Å². The Bertz CT molecular complexity index is 1140. The molecule has 1 atom stereocenters. The predicted octanol–water partition coefficient (Wildman–Crippen LogP) is 3.07. The fourth-order valence-corrected chi connectivity index (χ4v) is 4.45. The summed E-state index contributed by atoms with van der Waals surface area (Å²) in [6, 6.07) is 10.7. The van der Waals surface area contributed by atoms with Crippen molar-refractivity contribution in [3.05, 3.63) is 53.1 Å². The van der Waals surface area contributed by atoms with Gasteiger partial charge in [-0.15, -0.1) is 0 Å². The predicted molar refractivity (Wildman–Crippen MR) is 137 cm³/mol. The number of sulfonamides is 1. The number of ether oxygens (including phenoxy) is 2. The van der Waals surface area contributed by atoms with Gasteiger partial charge in [0.1, 0.15) is 24.1 Å². The van der Waals surface area contributed by atoms with Crippen LogP contribution < -0.4 is 19.1 Å². The third kappa shape index (κ3) is 7.76. The van der Waals surface area contributed by atoms with Gasteiger partial charge in [-0.2, -0.15) is 0 Å². The van der Waals surface area contributed by atoms with Gasteiger partial charge in [0.25, 0.3) is 0 Å².